The van der Waals surface area contributed by atoms with Crippen LogP contribution in [0, 0.1) is 6.92 Å². The summed E-state index contributed by atoms with van der Waals surface area (Å²) in [6, 6.07) is 3.79. The van der Waals surface area contributed by atoms with Crippen LogP contribution in [0.5, 0.6) is 0 Å². The molecule has 0 aliphatic heterocycles. The fraction of sp³-hybridized carbons (Fsp3) is 0.286. The van der Waals surface area contributed by atoms with Gasteiger partial charge in [-0.3, -0.25) is 9.78 Å². The predicted molar refractivity (Wildman–Crippen MR) is 78.6 cm³/mol. The van der Waals surface area contributed by atoms with Crippen LogP contribution in [0.15, 0.2) is 29.9 Å². The Labute approximate surface area is 116 Å². The largest absolute Gasteiger partial charge is 0.383 e. The van der Waals surface area contributed by atoms with E-state index in [2.05, 4.69) is 28.6 Å². The Hall–Kier alpha value is -1.88. The molecule has 100 valence electrons. The third kappa shape index (κ3) is 3.32. The van der Waals surface area contributed by atoms with Crippen molar-refractivity contribution in [2.24, 2.45) is 0 Å². The van der Waals surface area contributed by atoms with Crippen LogP contribution in [0.4, 0.5) is 5.69 Å². The van der Waals surface area contributed by atoms with Crippen LogP contribution in [-0.4, -0.2) is 17.4 Å². The van der Waals surface area contributed by atoms with Crippen molar-refractivity contribution in [3.63, 3.8) is 0 Å². The molecule has 0 atom stereocenters. The minimum Gasteiger partial charge on any atom is -0.383 e. The number of pyridine rings is 1. The van der Waals surface area contributed by atoms with E-state index in [-0.39, 0.29) is 5.91 Å². The smallest absolute Gasteiger partial charge is 0.253 e. The molecule has 0 unspecified atom stereocenters. The van der Waals surface area contributed by atoms with Gasteiger partial charge in [-0.05, 0) is 36.9 Å². The normalized spacial score (nSPS) is 10.2. The van der Waals surface area contributed by atoms with Gasteiger partial charge in [0.05, 0.1) is 24.0 Å². The maximum atomic E-state index is 12.2. The fourth-order valence-electron chi connectivity index (χ4n) is 1.76. The van der Waals surface area contributed by atoms with Crippen LogP contribution in [-0.2, 0) is 6.54 Å². The third-order valence-electron chi connectivity index (χ3n) is 2.81. The van der Waals surface area contributed by atoms with E-state index in [9.17, 15) is 4.79 Å². The number of rotatable bonds is 5. The van der Waals surface area contributed by atoms with E-state index in [4.69, 9.17) is 0 Å². The van der Waals surface area contributed by atoms with Crippen LogP contribution in [0.1, 0.15) is 27.7 Å². The first-order valence-electron chi connectivity index (χ1n) is 6.21. The molecule has 2 N–H and O–H groups in total. The van der Waals surface area contributed by atoms with Crippen molar-refractivity contribution in [2.45, 2.75) is 20.4 Å². The van der Waals surface area contributed by atoms with Gasteiger partial charge in [0, 0.05) is 17.6 Å². The molecule has 4 nitrogen and oxygen atoms in total. The lowest BCUT2D eigenvalue weighted by Crippen LogP contribution is -2.24. The van der Waals surface area contributed by atoms with Gasteiger partial charge in [-0.25, -0.2) is 0 Å². The number of thiophene rings is 1. The Balaban J connectivity index is 2.06. The van der Waals surface area contributed by atoms with E-state index < -0.39 is 0 Å². The highest BCUT2D eigenvalue weighted by Crippen LogP contribution is 2.16. The third-order valence-corrected chi connectivity index (χ3v) is 3.83. The molecule has 2 aromatic rings. The lowest BCUT2D eigenvalue weighted by Gasteiger charge is -2.10. The maximum absolute atomic E-state index is 12.2. The van der Waals surface area contributed by atoms with Crippen LogP contribution in [0.25, 0.3) is 0 Å². The van der Waals surface area contributed by atoms with E-state index in [1.807, 2.05) is 12.3 Å². The van der Waals surface area contributed by atoms with Gasteiger partial charge in [-0.2, -0.15) is 0 Å². The number of aromatic nitrogens is 1. The molecule has 0 aromatic carbocycles. The van der Waals surface area contributed by atoms with Crippen molar-refractivity contribution in [3.8, 4) is 0 Å². The van der Waals surface area contributed by atoms with Gasteiger partial charge >= 0.3 is 0 Å². The van der Waals surface area contributed by atoms with Gasteiger partial charge in [0.25, 0.3) is 5.91 Å². The Morgan fingerprint density at radius 1 is 1.42 bits per heavy atom. The minimum atomic E-state index is -0.0776. The summed E-state index contributed by atoms with van der Waals surface area (Å²) in [6.07, 6.45) is 3.31. The number of nitrogens with one attached hydrogen (secondary N) is 2. The van der Waals surface area contributed by atoms with Gasteiger partial charge in [0.2, 0.25) is 0 Å². The first-order valence-corrected chi connectivity index (χ1v) is 7.09. The van der Waals surface area contributed by atoms with E-state index in [0.717, 1.165) is 12.2 Å². The molecule has 0 aliphatic carbocycles. The molecule has 0 radical (unpaired) electrons. The Morgan fingerprint density at radius 2 is 2.26 bits per heavy atom. The summed E-state index contributed by atoms with van der Waals surface area (Å²) in [4.78, 5) is 17.4. The highest BCUT2D eigenvalue weighted by molar-refractivity contribution is 7.10. The SMILES string of the molecule is CCNc1cnccc1C(=O)NCc1sccc1C. The van der Waals surface area contributed by atoms with Crippen molar-refractivity contribution in [2.75, 3.05) is 11.9 Å². The number of anilines is 1. The number of carbonyl (C=O) groups is 1. The minimum absolute atomic E-state index is 0.0776. The van der Waals surface area contributed by atoms with Crippen LogP contribution >= 0.6 is 11.3 Å². The number of amides is 1. The molecule has 0 bridgehead atoms. The Kier molecular flexibility index (Phi) is 4.52. The van der Waals surface area contributed by atoms with Crippen LogP contribution < -0.4 is 10.6 Å². The van der Waals surface area contributed by atoms with Crippen molar-refractivity contribution in [1.82, 2.24) is 10.3 Å². The molecular formula is C14H17N3OS. The van der Waals surface area contributed by atoms with E-state index in [1.54, 1.807) is 29.8 Å². The Bertz CT molecular complexity index is 565. The summed E-state index contributed by atoms with van der Waals surface area (Å²) in [5.41, 5.74) is 2.61. The van der Waals surface area contributed by atoms with E-state index in [1.165, 1.54) is 10.4 Å². The van der Waals surface area contributed by atoms with Gasteiger partial charge in [0.15, 0.2) is 0 Å². The van der Waals surface area contributed by atoms with Crippen molar-refractivity contribution in [3.05, 3.63) is 45.9 Å². The van der Waals surface area contributed by atoms with Crippen LogP contribution in [0.3, 0.4) is 0 Å². The number of hydrogen-bond acceptors (Lipinski definition) is 4. The van der Waals surface area contributed by atoms with Gasteiger partial charge < -0.3 is 10.6 Å². The number of hydrogen-bond donors (Lipinski definition) is 2. The number of carbonyl (C=O) groups excluding carboxylic acids is 1. The fourth-order valence-corrected chi connectivity index (χ4v) is 2.61. The zero-order chi connectivity index (χ0) is 13.7. The standard InChI is InChI=1S/C14H17N3OS/c1-3-16-12-8-15-6-4-11(12)14(18)17-9-13-10(2)5-7-19-13/h4-8,16H,3,9H2,1-2H3,(H,17,18). The molecule has 0 spiro atoms. The molecule has 1 amide bonds. The summed E-state index contributed by atoms with van der Waals surface area (Å²) in [6.45, 7) is 5.37. The summed E-state index contributed by atoms with van der Waals surface area (Å²) < 4.78 is 0. The zero-order valence-corrected chi connectivity index (χ0v) is 11.9. The highest BCUT2D eigenvalue weighted by Gasteiger charge is 2.11. The van der Waals surface area contributed by atoms with Crippen molar-refractivity contribution < 1.29 is 4.79 Å². The highest BCUT2D eigenvalue weighted by atomic mass is 32.1. The molecule has 0 saturated carbocycles. The van der Waals surface area contributed by atoms with E-state index >= 15 is 0 Å². The summed E-state index contributed by atoms with van der Waals surface area (Å²) in [7, 11) is 0. The second kappa shape index (κ2) is 6.33. The van der Waals surface area contributed by atoms with E-state index in [0.29, 0.717) is 12.1 Å². The van der Waals surface area contributed by atoms with Gasteiger partial charge in [0.1, 0.15) is 0 Å². The summed E-state index contributed by atoms with van der Waals surface area (Å²) in [5.74, 6) is -0.0776. The molecule has 2 rings (SSSR count). The molecular weight excluding hydrogens is 258 g/mol. The quantitative estimate of drug-likeness (QED) is 0.882. The molecule has 19 heavy (non-hydrogen) atoms. The number of nitrogens with zero attached hydrogens (tertiary/aromatic N) is 1. The second-order valence-corrected chi connectivity index (χ2v) is 5.16. The predicted octanol–water partition coefficient (Wildman–Crippen LogP) is 2.81. The van der Waals surface area contributed by atoms with Crippen LogP contribution in [0.2, 0.25) is 0 Å². The lowest BCUT2D eigenvalue weighted by molar-refractivity contribution is 0.0952. The molecule has 2 heterocycles. The zero-order valence-electron chi connectivity index (χ0n) is 11.1. The Morgan fingerprint density at radius 3 is 2.95 bits per heavy atom. The average Bonchev–Trinajstić information content (AvgIpc) is 2.82. The van der Waals surface area contributed by atoms with Gasteiger partial charge in [-0.1, -0.05) is 0 Å². The van der Waals surface area contributed by atoms with Gasteiger partial charge in [-0.15, -0.1) is 11.3 Å². The van der Waals surface area contributed by atoms with Crippen molar-refractivity contribution in [1.29, 1.82) is 0 Å². The average molecular weight is 275 g/mol. The molecule has 0 aliphatic rings. The second-order valence-electron chi connectivity index (χ2n) is 4.16. The van der Waals surface area contributed by atoms with Crippen molar-refractivity contribution >= 4 is 22.9 Å². The number of aryl methyl sites for hydroxylation is 1. The topological polar surface area (TPSA) is 54.0 Å². The summed E-state index contributed by atoms with van der Waals surface area (Å²) in [5, 5.41) is 8.12. The first kappa shape index (κ1) is 13.5. The maximum Gasteiger partial charge on any atom is 0.253 e. The first-order chi connectivity index (χ1) is 9.22. The molecule has 0 saturated heterocycles. The molecule has 5 heteroatoms. The summed E-state index contributed by atoms with van der Waals surface area (Å²) >= 11 is 1.66. The molecule has 2 aromatic heterocycles. The molecule has 0 fully saturated rings. The monoisotopic (exact) mass is 275 g/mol. The lowest BCUT2D eigenvalue weighted by atomic mass is 10.2.